The molecule has 0 aliphatic rings. The fourth-order valence-electron chi connectivity index (χ4n) is 7.73. The van der Waals surface area contributed by atoms with Crippen LogP contribution in [-0.4, -0.2) is 19.5 Å². The average molecular weight is 624 g/mol. The second kappa shape index (κ2) is 10.6. The summed E-state index contributed by atoms with van der Waals surface area (Å²) in [6.45, 7) is 0. The predicted molar refractivity (Wildman–Crippen MR) is 200 cm³/mol. The summed E-state index contributed by atoms with van der Waals surface area (Å²) in [7, 11) is 0. The topological polar surface area (TPSA) is 67.4 Å². The standard InChI is InChI=1S/C44H25N5/c45-25-27-15-17-39-36(22-27)37-23-28(16-18-40(37)49(39)30-9-6-19-46-26-30)41-31-10-1-3-12-33(31)42(34-13-4-2-11-32(34)41)38-24-29-8-5-20-47-43(29)44-35(38)14-7-21-48-44/h1-24,26H. The second-order valence-corrected chi connectivity index (χ2v) is 12.4. The van der Waals surface area contributed by atoms with Crippen LogP contribution < -0.4 is 0 Å². The first-order chi connectivity index (χ1) is 24.3. The molecule has 0 saturated heterocycles. The summed E-state index contributed by atoms with van der Waals surface area (Å²) in [6, 6.07) is 47.0. The molecule has 5 nitrogen and oxygen atoms in total. The van der Waals surface area contributed by atoms with Crippen LogP contribution in [0.25, 0.3) is 93.1 Å². The van der Waals surface area contributed by atoms with E-state index < -0.39 is 0 Å². The van der Waals surface area contributed by atoms with Crippen molar-refractivity contribution in [3.63, 3.8) is 0 Å². The zero-order valence-corrected chi connectivity index (χ0v) is 26.2. The van der Waals surface area contributed by atoms with Gasteiger partial charge in [-0.2, -0.15) is 5.26 Å². The highest BCUT2D eigenvalue weighted by molar-refractivity contribution is 6.25. The van der Waals surface area contributed by atoms with Crippen LogP contribution in [0, 0.1) is 11.3 Å². The molecule has 0 aliphatic heterocycles. The smallest absolute Gasteiger partial charge is 0.0991 e. The van der Waals surface area contributed by atoms with E-state index in [4.69, 9.17) is 9.97 Å². The zero-order chi connectivity index (χ0) is 32.5. The third kappa shape index (κ3) is 4.01. The van der Waals surface area contributed by atoms with Gasteiger partial charge in [-0.05, 0) is 104 Å². The molecule has 10 aromatic rings. The molecule has 0 saturated carbocycles. The Labute approximate surface area is 281 Å². The lowest BCUT2D eigenvalue weighted by Crippen LogP contribution is -1.95. The molecule has 0 atom stereocenters. The summed E-state index contributed by atoms with van der Waals surface area (Å²) in [6.07, 6.45) is 7.35. The molecule has 49 heavy (non-hydrogen) atoms. The molecule has 0 amide bonds. The molecular weight excluding hydrogens is 599 g/mol. The number of aromatic nitrogens is 4. The van der Waals surface area contributed by atoms with Crippen molar-refractivity contribution >= 4 is 65.2 Å². The number of pyridine rings is 3. The molecule has 0 aliphatic carbocycles. The van der Waals surface area contributed by atoms with Crippen LogP contribution >= 0.6 is 0 Å². The predicted octanol–water partition coefficient (Wildman–Crippen LogP) is 10.8. The molecule has 4 aromatic heterocycles. The minimum Gasteiger partial charge on any atom is -0.308 e. The minimum atomic E-state index is 0.635. The monoisotopic (exact) mass is 623 g/mol. The van der Waals surface area contributed by atoms with Crippen LogP contribution in [-0.2, 0) is 0 Å². The zero-order valence-electron chi connectivity index (χ0n) is 26.2. The van der Waals surface area contributed by atoms with Gasteiger partial charge < -0.3 is 4.57 Å². The SMILES string of the molecule is N#Cc1ccc2c(c1)c1cc(-c3c4ccccc4c(-c4cc5cccnc5c5ncccc45)c4ccccc34)ccc1n2-c1cccnc1. The van der Waals surface area contributed by atoms with E-state index in [0.29, 0.717) is 5.56 Å². The Morgan fingerprint density at radius 1 is 0.510 bits per heavy atom. The summed E-state index contributed by atoms with van der Waals surface area (Å²) < 4.78 is 2.23. The first-order valence-electron chi connectivity index (χ1n) is 16.2. The van der Waals surface area contributed by atoms with Gasteiger partial charge in [-0.3, -0.25) is 15.0 Å². The van der Waals surface area contributed by atoms with Crippen LogP contribution in [0.1, 0.15) is 5.56 Å². The van der Waals surface area contributed by atoms with Crippen molar-refractivity contribution in [3.05, 3.63) is 158 Å². The van der Waals surface area contributed by atoms with Gasteiger partial charge in [0.05, 0.1) is 45.6 Å². The first kappa shape index (κ1) is 27.2. The van der Waals surface area contributed by atoms with E-state index in [1.54, 1.807) is 6.20 Å². The molecule has 6 aromatic carbocycles. The van der Waals surface area contributed by atoms with Gasteiger partial charge in [0, 0.05) is 40.1 Å². The third-order valence-corrected chi connectivity index (χ3v) is 9.75. The van der Waals surface area contributed by atoms with Crippen molar-refractivity contribution in [2.24, 2.45) is 0 Å². The Balaban J connectivity index is 1.32. The van der Waals surface area contributed by atoms with Gasteiger partial charge in [0.1, 0.15) is 0 Å². The maximum atomic E-state index is 9.83. The third-order valence-electron chi connectivity index (χ3n) is 9.75. The Bertz CT molecular complexity index is 2950. The van der Waals surface area contributed by atoms with E-state index in [1.807, 2.05) is 55.0 Å². The Morgan fingerprint density at radius 3 is 1.86 bits per heavy atom. The van der Waals surface area contributed by atoms with Crippen LogP contribution in [0.4, 0.5) is 0 Å². The highest BCUT2D eigenvalue weighted by Crippen LogP contribution is 2.47. The summed E-state index contributed by atoms with van der Waals surface area (Å²) in [5, 5.41) is 18.8. The number of nitrogens with zero attached hydrogens (tertiary/aromatic N) is 5. The molecule has 0 radical (unpaired) electrons. The highest BCUT2D eigenvalue weighted by atomic mass is 15.0. The summed E-state index contributed by atoms with van der Waals surface area (Å²) in [5.74, 6) is 0. The number of benzene rings is 6. The summed E-state index contributed by atoms with van der Waals surface area (Å²) in [5.41, 5.74) is 10.2. The van der Waals surface area contributed by atoms with Gasteiger partial charge in [-0.1, -0.05) is 66.7 Å². The lowest BCUT2D eigenvalue weighted by atomic mass is 9.84. The number of rotatable bonds is 3. The largest absolute Gasteiger partial charge is 0.308 e. The maximum absolute atomic E-state index is 9.83. The van der Waals surface area contributed by atoms with Gasteiger partial charge in [-0.15, -0.1) is 0 Å². The first-order valence-corrected chi connectivity index (χ1v) is 16.2. The van der Waals surface area contributed by atoms with Gasteiger partial charge in [0.25, 0.3) is 0 Å². The van der Waals surface area contributed by atoms with Crippen LogP contribution in [0.5, 0.6) is 0 Å². The summed E-state index contributed by atoms with van der Waals surface area (Å²) >= 11 is 0. The van der Waals surface area contributed by atoms with Crippen LogP contribution in [0.3, 0.4) is 0 Å². The molecule has 10 rings (SSSR count). The van der Waals surface area contributed by atoms with Crippen LogP contribution in [0.2, 0.25) is 0 Å². The van der Waals surface area contributed by atoms with Gasteiger partial charge in [-0.25, -0.2) is 0 Å². The maximum Gasteiger partial charge on any atom is 0.0991 e. The van der Waals surface area contributed by atoms with Crippen molar-refractivity contribution in [3.8, 4) is 34.0 Å². The molecule has 0 fully saturated rings. The van der Waals surface area contributed by atoms with Crippen molar-refractivity contribution < 1.29 is 0 Å². The molecule has 0 unspecified atom stereocenters. The van der Waals surface area contributed by atoms with E-state index in [-0.39, 0.29) is 0 Å². The van der Waals surface area contributed by atoms with Crippen LogP contribution in [0.15, 0.2) is 152 Å². The van der Waals surface area contributed by atoms with E-state index in [1.165, 1.54) is 32.7 Å². The van der Waals surface area contributed by atoms with Gasteiger partial charge in [0.2, 0.25) is 0 Å². The molecule has 5 heteroatoms. The lowest BCUT2D eigenvalue weighted by molar-refractivity contribution is 1.14. The number of hydrogen-bond donors (Lipinski definition) is 0. The van der Waals surface area contributed by atoms with Gasteiger partial charge in [0.15, 0.2) is 0 Å². The number of fused-ring (bicyclic) bond motifs is 8. The molecule has 0 N–H and O–H groups in total. The van der Waals surface area contributed by atoms with Crippen molar-refractivity contribution in [2.45, 2.75) is 0 Å². The minimum absolute atomic E-state index is 0.635. The highest BCUT2D eigenvalue weighted by Gasteiger charge is 2.21. The summed E-state index contributed by atoms with van der Waals surface area (Å²) in [4.78, 5) is 13.9. The second-order valence-electron chi connectivity index (χ2n) is 12.4. The van der Waals surface area contributed by atoms with E-state index in [9.17, 15) is 5.26 Å². The fraction of sp³-hybridized carbons (Fsp3) is 0. The Morgan fingerprint density at radius 2 is 1.14 bits per heavy atom. The van der Waals surface area contributed by atoms with E-state index in [0.717, 1.165) is 60.4 Å². The Kier molecular flexibility index (Phi) is 5.87. The number of hydrogen-bond acceptors (Lipinski definition) is 4. The molecule has 226 valence electrons. The normalized spacial score (nSPS) is 11.7. The lowest BCUT2D eigenvalue weighted by Gasteiger charge is -2.19. The van der Waals surface area contributed by atoms with E-state index >= 15 is 0 Å². The number of nitriles is 1. The molecule has 0 bridgehead atoms. The van der Waals surface area contributed by atoms with Crippen molar-refractivity contribution in [1.82, 2.24) is 19.5 Å². The Hall–Kier alpha value is -6.90. The molecule has 0 spiro atoms. The van der Waals surface area contributed by atoms with Gasteiger partial charge >= 0.3 is 0 Å². The quantitative estimate of drug-likeness (QED) is 0.145. The van der Waals surface area contributed by atoms with E-state index in [2.05, 4.69) is 107 Å². The van der Waals surface area contributed by atoms with Crippen molar-refractivity contribution in [2.75, 3.05) is 0 Å². The average Bonchev–Trinajstić information content (AvgIpc) is 3.50. The molecule has 4 heterocycles. The van der Waals surface area contributed by atoms with Crippen molar-refractivity contribution in [1.29, 1.82) is 5.26 Å². The molecular formula is C44H25N5. The fourth-order valence-corrected chi connectivity index (χ4v) is 7.73.